The van der Waals surface area contributed by atoms with E-state index in [-0.39, 0.29) is 17.7 Å². The van der Waals surface area contributed by atoms with Crippen molar-refractivity contribution in [2.45, 2.75) is 45.8 Å². The highest BCUT2D eigenvalue weighted by Crippen LogP contribution is 2.31. The zero-order chi connectivity index (χ0) is 31.3. The number of aliphatic hydroxyl groups is 1. The van der Waals surface area contributed by atoms with Crippen LogP contribution < -0.4 is 21.3 Å². The summed E-state index contributed by atoms with van der Waals surface area (Å²) in [6.45, 7) is 8.59. The van der Waals surface area contributed by atoms with Crippen LogP contribution in [0.15, 0.2) is 73.1 Å². The second-order valence-electron chi connectivity index (χ2n) is 11.7. The van der Waals surface area contributed by atoms with Gasteiger partial charge < -0.3 is 26.4 Å². The highest BCUT2D eigenvalue weighted by molar-refractivity contribution is 6.02. The van der Waals surface area contributed by atoms with Gasteiger partial charge in [-0.25, -0.2) is 0 Å². The molecule has 0 bridgehead atoms. The monoisotopic (exact) mass is 605 g/mol. The Morgan fingerprint density at radius 3 is 2.84 bits per heavy atom. The molecule has 11 nitrogen and oxygen atoms in total. The molecule has 1 amide bonds. The van der Waals surface area contributed by atoms with Gasteiger partial charge >= 0.3 is 0 Å². The Kier molecular flexibility index (Phi) is 8.99. The molecule has 2 atom stereocenters. The molecule has 45 heavy (non-hydrogen) atoms. The van der Waals surface area contributed by atoms with Crippen molar-refractivity contribution in [1.82, 2.24) is 29.9 Å². The molecule has 0 aliphatic carbocycles. The molecule has 1 aliphatic heterocycles. The van der Waals surface area contributed by atoms with Crippen LogP contribution in [0.25, 0.3) is 27.7 Å². The maximum atomic E-state index is 12.1. The number of carbonyl (C=O) groups excluding carboxylic acids is 1. The topological polar surface area (TPSA) is 141 Å². The summed E-state index contributed by atoms with van der Waals surface area (Å²) in [5.74, 6) is 1.26. The molecule has 0 unspecified atom stereocenters. The van der Waals surface area contributed by atoms with Gasteiger partial charge in [0, 0.05) is 53.9 Å². The van der Waals surface area contributed by atoms with Crippen molar-refractivity contribution in [3.8, 4) is 11.3 Å². The number of nitrogens with one attached hydrogen (secondary N) is 4. The minimum absolute atomic E-state index is 0.123. The van der Waals surface area contributed by atoms with Gasteiger partial charge in [-0.2, -0.15) is 19.6 Å². The van der Waals surface area contributed by atoms with Crippen LogP contribution in [0.4, 0.5) is 17.6 Å². The minimum atomic E-state index is -0.406. The fraction of sp³-hybridized carbons (Fsp3) is 0.324. The van der Waals surface area contributed by atoms with E-state index in [0.717, 1.165) is 57.5 Å². The molecule has 3 aromatic heterocycles. The Bertz CT molecular complexity index is 1850. The third-order valence-corrected chi connectivity index (χ3v) is 8.19. The fourth-order valence-corrected chi connectivity index (χ4v) is 5.74. The summed E-state index contributed by atoms with van der Waals surface area (Å²) in [5, 5.41) is 30.0. The number of rotatable bonds is 10. The average Bonchev–Trinajstić information content (AvgIpc) is 3.48. The van der Waals surface area contributed by atoms with Crippen LogP contribution in [0.1, 0.15) is 44.2 Å². The van der Waals surface area contributed by atoms with Crippen molar-refractivity contribution in [1.29, 1.82) is 0 Å². The van der Waals surface area contributed by atoms with Gasteiger partial charge in [0.1, 0.15) is 0 Å². The molecule has 1 fully saturated rings. The molecule has 0 radical (unpaired) electrons. The number of aromatic nitrogens is 5. The summed E-state index contributed by atoms with van der Waals surface area (Å²) < 4.78 is 1.75. The summed E-state index contributed by atoms with van der Waals surface area (Å²) in [7, 11) is 0. The van der Waals surface area contributed by atoms with Gasteiger partial charge in [-0.15, -0.1) is 0 Å². The summed E-state index contributed by atoms with van der Waals surface area (Å²) in [6, 6.07) is 16.0. The summed E-state index contributed by atoms with van der Waals surface area (Å²) in [6.07, 6.45) is 7.34. The number of anilines is 3. The number of allylic oxidation sites excluding steroid dienone is 1. The van der Waals surface area contributed by atoms with E-state index in [4.69, 9.17) is 15.0 Å². The SMILES string of the molecule is C/C=C/C(=O)Nc1ccc2c(-c3ccccc3CNc3nc(NC[C@H]4CCNC[C@@H]4O)nc4c(C(C)C)cnn34)nccc2c1. The van der Waals surface area contributed by atoms with Crippen molar-refractivity contribution in [2.24, 2.45) is 5.92 Å². The number of β-amino-alcohol motifs (C(OH)–C–C–N with tert-alkyl or cyclic N) is 1. The second kappa shape index (κ2) is 13.4. The van der Waals surface area contributed by atoms with Crippen molar-refractivity contribution < 1.29 is 9.90 Å². The number of pyridine rings is 1. The molecule has 232 valence electrons. The van der Waals surface area contributed by atoms with Crippen LogP contribution in [0, 0.1) is 5.92 Å². The zero-order valence-electron chi connectivity index (χ0n) is 25.8. The highest BCUT2D eigenvalue weighted by Gasteiger charge is 2.23. The average molecular weight is 606 g/mol. The number of piperidine rings is 1. The Balaban J connectivity index is 1.29. The van der Waals surface area contributed by atoms with Crippen molar-refractivity contribution in [3.63, 3.8) is 0 Å². The van der Waals surface area contributed by atoms with E-state index in [2.05, 4.69) is 52.3 Å². The first-order valence-electron chi connectivity index (χ1n) is 15.4. The van der Waals surface area contributed by atoms with Gasteiger partial charge in [-0.05, 0) is 61.0 Å². The predicted molar refractivity (Wildman–Crippen MR) is 178 cm³/mol. The first-order chi connectivity index (χ1) is 21.9. The molecule has 1 saturated heterocycles. The van der Waals surface area contributed by atoms with E-state index in [1.807, 2.05) is 49.5 Å². The molecule has 11 heteroatoms. The number of fused-ring (bicyclic) bond motifs is 2. The van der Waals surface area contributed by atoms with E-state index < -0.39 is 6.10 Å². The number of aliphatic hydroxyl groups excluding tert-OH is 1. The fourth-order valence-electron chi connectivity index (χ4n) is 5.74. The molecule has 0 spiro atoms. The molecular formula is C34H39N9O2. The van der Waals surface area contributed by atoms with E-state index >= 15 is 0 Å². The van der Waals surface area contributed by atoms with Crippen LogP contribution in [-0.2, 0) is 11.3 Å². The van der Waals surface area contributed by atoms with Crippen LogP contribution in [0.2, 0.25) is 0 Å². The third-order valence-electron chi connectivity index (χ3n) is 8.19. The van der Waals surface area contributed by atoms with E-state index in [1.54, 1.807) is 16.8 Å². The number of benzene rings is 2. The smallest absolute Gasteiger partial charge is 0.248 e. The van der Waals surface area contributed by atoms with Gasteiger partial charge in [-0.3, -0.25) is 9.78 Å². The third kappa shape index (κ3) is 6.64. The van der Waals surface area contributed by atoms with Crippen molar-refractivity contribution in [2.75, 3.05) is 35.6 Å². The summed E-state index contributed by atoms with van der Waals surface area (Å²) >= 11 is 0. The largest absolute Gasteiger partial charge is 0.391 e. The van der Waals surface area contributed by atoms with Crippen LogP contribution >= 0.6 is 0 Å². The number of nitrogens with zero attached hydrogens (tertiary/aromatic N) is 5. The first kappa shape index (κ1) is 30.2. The normalized spacial score (nSPS) is 16.9. The first-order valence-corrected chi connectivity index (χ1v) is 15.4. The number of carbonyl (C=O) groups is 1. The maximum absolute atomic E-state index is 12.1. The minimum Gasteiger partial charge on any atom is -0.391 e. The van der Waals surface area contributed by atoms with Crippen molar-refractivity contribution >= 4 is 39.9 Å². The lowest BCUT2D eigenvalue weighted by atomic mass is 9.95. The van der Waals surface area contributed by atoms with E-state index in [1.165, 1.54) is 6.08 Å². The Hall–Kier alpha value is -4.87. The van der Waals surface area contributed by atoms with Crippen molar-refractivity contribution in [3.05, 3.63) is 84.2 Å². The van der Waals surface area contributed by atoms with Crippen LogP contribution in [0.3, 0.4) is 0 Å². The molecular weight excluding hydrogens is 566 g/mol. The molecule has 1 aliphatic rings. The summed E-state index contributed by atoms with van der Waals surface area (Å²) in [4.78, 5) is 26.5. The zero-order valence-corrected chi connectivity index (χ0v) is 25.8. The van der Waals surface area contributed by atoms with Crippen LogP contribution in [-0.4, -0.2) is 61.3 Å². The number of amides is 1. The molecule has 5 aromatic rings. The van der Waals surface area contributed by atoms with Gasteiger partial charge in [0.15, 0.2) is 5.65 Å². The lowest BCUT2D eigenvalue weighted by Gasteiger charge is -2.28. The molecule has 4 heterocycles. The predicted octanol–water partition coefficient (Wildman–Crippen LogP) is 4.97. The number of hydrogen-bond acceptors (Lipinski definition) is 9. The standard InChI is InChI=1S/C34H39N9O2/c1-4-7-30(45)40-25-10-11-27-22(16-25)13-15-36-31(27)26-9-6-5-8-23(26)17-38-34-42-33(37-18-24-12-14-35-20-29(24)44)41-32-28(21(2)3)19-39-43(32)34/h4-11,13,15-16,19,21,24,29,35,44H,12,14,17-18,20H2,1-3H3,(H,40,45)(H2,37,38,41,42)/b7-4+/t24-,29+/m1/s1. The summed E-state index contributed by atoms with van der Waals surface area (Å²) in [5.41, 5.74) is 5.40. The Morgan fingerprint density at radius 1 is 1.16 bits per heavy atom. The Labute approximate surface area is 262 Å². The number of hydrogen-bond donors (Lipinski definition) is 5. The lowest BCUT2D eigenvalue weighted by molar-refractivity contribution is -0.111. The molecule has 6 rings (SSSR count). The van der Waals surface area contributed by atoms with Gasteiger partial charge in [0.2, 0.25) is 17.8 Å². The van der Waals surface area contributed by atoms with Gasteiger partial charge in [-0.1, -0.05) is 50.3 Å². The van der Waals surface area contributed by atoms with E-state index in [0.29, 0.717) is 31.5 Å². The lowest BCUT2D eigenvalue weighted by Crippen LogP contribution is -2.43. The second-order valence-corrected chi connectivity index (χ2v) is 11.7. The maximum Gasteiger partial charge on any atom is 0.248 e. The molecule has 2 aromatic carbocycles. The Morgan fingerprint density at radius 2 is 2.02 bits per heavy atom. The van der Waals surface area contributed by atoms with Gasteiger partial charge in [0.05, 0.1) is 18.0 Å². The highest BCUT2D eigenvalue weighted by atomic mass is 16.3. The van der Waals surface area contributed by atoms with Crippen LogP contribution in [0.5, 0.6) is 0 Å². The molecule has 0 saturated carbocycles. The van der Waals surface area contributed by atoms with E-state index in [9.17, 15) is 9.90 Å². The molecule has 5 N–H and O–H groups in total. The van der Waals surface area contributed by atoms with Gasteiger partial charge in [0.25, 0.3) is 0 Å². The quantitative estimate of drug-likeness (QED) is 0.140.